The lowest BCUT2D eigenvalue weighted by molar-refractivity contribution is -0.117. The molecular formula is C16H23N3O4. The average molecular weight is 321 g/mol. The highest BCUT2D eigenvalue weighted by Crippen LogP contribution is 2.16. The molecule has 1 aliphatic heterocycles. The molecule has 7 heteroatoms. The van der Waals surface area contributed by atoms with Crippen molar-refractivity contribution in [2.24, 2.45) is 0 Å². The quantitative estimate of drug-likeness (QED) is 0.888. The summed E-state index contributed by atoms with van der Waals surface area (Å²) in [5.41, 5.74) is 0.708. The van der Waals surface area contributed by atoms with E-state index >= 15 is 0 Å². The number of hydrogen-bond donors (Lipinski definition) is 1. The van der Waals surface area contributed by atoms with Crippen LogP contribution in [0.2, 0.25) is 0 Å². The van der Waals surface area contributed by atoms with Gasteiger partial charge in [0.05, 0.1) is 20.3 Å². The number of piperazine rings is 1. The molecule has 1 aromatic carbocycles. The van der Waals surface area contributed by atoms with Crippen LogP contribution in [0.3, 0.4) is 0 Å². The molecule has 0 unspecified atom stereocenters. The Hall–Kier alpha value is -2.28. The zero-order valence-corrected chi connectivity index (χ0v) is 13.6. The van der Waals surface area contributed by atoms with E-state index in [4.69, 9.17) is 9.47 Å². The summed E-state index contributed by atoms with van der Waals surface area (Å²) in [5.74, 6) is 0.619. The van der Waals surface area contributed by atoms with Crippen molar-refractivity contribution in [2.75, 3.05) is 51.8 Å². The summed E-state index contributed by atoms with van der Waals surface area (Å²) >= 11 is 0. The second kappa shape index (κ2) is 8.38. The number of anilines is 1. The zero-order chi connectivity index (χ0) is 16.7. The molecule has 1 aliphatic rings. The molecule has 126 valence electrons. The first kappa shape index (κ1) is 17.1. The molecule has 2 amide bonds. The predicted molar refractivity (Wildman–Crippen MR) is 86.7 cm³/mol. The molecule has 2 rings (SSSR count). The first-order valence-electron chi connectivity index (χ1n) is 7.70. The van der Waals surface area contributed by atoms with E-state index in [1.54, 1.807) is 25.0 Å². The number of ether oxygens (including phenoxy) is 2. The number of carbonyl (C=O) groups excluding carboxylic acids is 2. The van der Waals surface area contributed by atoms with E-state index < -0.39 is 0 Å². The predicted octanol–water partition coefficient (Wildman–Crippen LogP) is 1.41. The Morgan fingerprint density at radius 3 is 2.61 bits per heavy atom. The molecule has 0 bridgehead atoms. The molecule has 7 nitrogen and oxygen atoms in total. The lowest BCUT2D eigenvalue weighted by atomic mass is 10.3. The van der Waals surface area contributed by atoms with Crippen LogP contribution in [0, 0.1) is 0 Å². The highest BCUT2D eigenvalue weighted by molar-refractivity contribution is 5.92. The van der Waals surface area contributed by atoms with Gasteiger partial charge in [0.15, 0.2) is 0 Å². The minimum atomic E-state index is -0.284. The van der Waals surface area contributed by atoms with Gasteiger partial charge in [-0.3, -0.25) is 9.69 Å². The fourth-order valence-electron chi connectivity index (χ4n) is 2.41. The molecule has 0 aromatic heterocycles. The summed E-state index contributed by atoms with van der Waals surface area (Å²) in [5, 5.41) is 2.85. The van der Waals surface area contributed by atoms with Crippen molar-refractivity contribution in [1.82, 2.24) is 9.80 Å². The number of benzene rings is 1. The number of hydrogen-bond acceptors (Lipinski definition) is 5. The normalized spacial score (nSPS) is 15.1. The van der Waals surface area contributed by atoms with Crippen molar-refractivity contribution in [2.45, 2.75) is 6.92 Å². The van der Waals surface area contributed by atoms with Crippen molar-refractivity contribution >= 4 is 17.7 Å². The van der Waals surface area contributed by atoms with Gasteiger partial charge in [-0.15, -0.1) is 0 Å². The second-order valence-corrected chi connectivity index (χ2v) is 5.24. The van der Waals surface area contributed by atoms with Crippen LogP contribution in [0.15, 0.2) is 24.3 Å². The molecular weight excluding hydrogens is 298 g/mol. The van der Waals surface area contributed by atoms with Gasteiger partial charge in [-0.2, -0.15) is 0 Å². The van der Waals surface area contributed by atoms with E-state index in [2.05, 4.69) is 5.32 Å². The molecule has 0 saturated carbocycles. The molecule has 0 aliphatic carbocycles. The summed E-state index contributed by atoms with van der Waals surface area (Å²) in [6.07, 6.45) is -0.284. The summed E-state index contributed by atoms with van der Waals surface area (Å²) in [7, 11) is 1.59. The van der Waals surface area contributed by atoms with Crippen molar-refractivity contribution in [3.8, 4) is 5.75 Å². The maximum absolute atomic E-state index is 12.1. The average Bonchev–Trinajstić information content (AvgIpc) is 2.55. The van der Waals surface area contributed by atoms with Crippen LogP contribution in [0.25, 0.3) is 0 Å². The third kappa shape index (κ3) is 5.14. The lowest BCUT2D eigenvalue weighted by Gasteiger charge is -2.33. The van der Waals surface area contributed by atoms with Gasteiger partial charge in [0.25, 0.3) is 0 Å². The highest BCUT2D eigenvalue weighted by atomic mass is 16.6. The van der Waals surface area contributed by atoms with Crippen LogP contribution in [0.1, 0.15) is 6.92 Å². The molecule has 0 spiro atoms. The van der Waals surface area contributed by atoms with Gasteiger partial charge in [0, 0.05) is 37.9 Å². The van der Waals surface area contributed by atoms with Crippen LogP contribution >= 0.6 is 0 Å². The number of amides is 2. The van der Waals surface area contributed by atoms with E-state index in [1.807, 2.05) is 23.1 Å². The summed E-state index contributed by atoms with van der Waals surface area (Å²) in [4.78, 5) is 27.4. The van der Waals surface area contributed by atoms with E-state index in [9.17, 15) is 9.59 Å². The van der Waals surface area contributed by atoms with Gasteiger partial charge in [0.2, 0.25) is 5.91 Å². The minimum absolute atomic E-state index is 0.0807. The van der Waals surface area contributed by atoms with Gasteiger partial charge in [-0.05, 0) is 19.1 Å². The Kier molecular flexibility index (Phi) is 6.22. The van der Waals surface area contributed by atoms with E-state index in [-0.39, 0.29) is 12.0 Å². The maximum atomic E-state index is 12.1. The van der Waals surface area contributed by atoms with Crippen LogP contribution in [-0.4, -0.2) is 68.2 Å². The van der Waals surface area contributed by atoms with E-state index in [0.29, 0.717) is 50.8 Å². The van der Waals surface area contributed by atoms with Gasteiger partial charge >= 0.3 is 6.09 Å². The molecule has 1 saturated heterocycles. The van der Waals surface area contributed by atoms with Crippen molar-refractivity contribution in [3.05, 3.63) is 24.3 Å². The van der Waals surface area contributed by atoms with E-state index in [0.717, 1.165) is 0 Å². The number of methoxy groups -OCH3 is 1. The Morgan fingerprint density at radius 1 is 1.22 bits per heavy atom. The van der Waals surface area contributed by atoms with Gasteiger partial charge in [0.1, 0.15) is 5.75 Å². The minimum Gasteiger partial charge on any atom is -0.497 e. The third-order valence-electron chi connectivity index (χ3n) is 3.62. The molecule has 23 heavy (non-hydrogen) atoms. The first-order valence-corrected chi connectivity index (χ1v) is 7.70. The standard InChI is InChI=1S/C16H23N3O4/c1-3-23-16(21)19-9-7-18(8-10-19)12-15(20)17-13-5-4-6-14(11-13)22-2/h4-6,11H,3,7-10,12H2,1-2H3,(H,17,20). The number of nitrogens with zero attached hydrogens (tertiary/aromatic N) is 2. The van der Waals surface area contributed by atoms with Gasteiger partial charge in [-0.1, -0.05) is 6.07 Å². The Bertz CT molecular complexity index is 542. The molecule has 1 fully saturated rings. The van der Waals surface area contributed by atoms with Crippen LogP contribution < -0.4 is 10.1 Å². The first-order chi connectivity index (χ1) is 11.1. The molecule has 0 radical (unpaired) electrons. The monoisotopic (exact) mass is 321 g/mol. The topological polar surface area (TPSA) is 71.1 Å². The Balaban J connectivity index is 1.77. The molecule has 0 atom stereocenters. The summed E-state index contributed by atoms with van der Waals surface area (Å²) in [6, 6.07) is 7.24. The Morgan fingerprint density at radius 2 is 1.96 bits per heavy atom. The smallest absolute Gasteiger partial charge is 0.409 e. The van der Waals surface area contributed by atoms with Crippen molar-refractivity contribution < 1.29 is 19.1 Å². The van der Waals surface area contributed by atoms with Crippen LogP contribution in [-0.2, 0) is 9.53 Å². The highest BCUT2D eigenvalue weighted by Gasteiger charge is 2.23. The lowest BCUT2D eigenvalue weighted by Crippen LogP contribution is -2.50. The number of rotatable bonds is 5. The van der Waals surface area contributed by atoms with Crippen LogP contribution in [0.4, 0.5) is 10.5 Å². The summed E-state index contributed by atoms with van der Waals surface area (Å²) in [6.45, 7) is 4.93. The van der Waals surface area contributed by atoms with Crippen molar-refractivity contribution in [1.29, 1.82) is 0 Å². The van der Waals surface area contributed by atoms with Gasteiger partial charge < -0.3 is 19.7 Å². The van der Waals surface area contributed by atoms with Gasteiger partial charge in [-0.25, -0.2) is 4.79 Å². The molecule has 1 heterocycles. The number of carbonyl (C=O) groups is 2. The molecule has 1 N–H and O–H groups in total. The Labute approximate surface area is 136 Å². The van der Waals surface area contributed by atoms with E-state index in [1.165, 1.54) is 0 Å². The molecule has 1 aromatic rings. The largest absolute Gasteiger partial charge is 0.497 e. The van der Waals surface area contributed by atoms with Crippen molar-refractivity contribution in [3.63, 3.8) is 0 Å². The zero-order valence-electron chi connectivity index (χ0n) is 13.6. The second-order valence-electron chi connectivity index (χ2n) is 5.24. The fourth-order valence-corrected chi connectivity index (χ4v) is 2.41. The fraction of sp³-hybridized carbons (Fsp3) is 0.500. The van der Waals surface area contributed by atoms with Crippen LogP contribution in [0.5, 0.6) is 5.75 Å². The summed E-state index contributed by atoms with van der Waals surface area (Å²) < 4.78 is 10.1. The number of nitrogens with one attached hydrogen (secondary N) is 1. The maximum Gasteiger partial charge on any atom is 0.409 e. The SMILES string of the molecule is CCOC(=O)N1CCN(CC(=O)Nc2cccc(OC)c2)CC1. The third-order valence-corrected chi connectivity index (χ3v) is 3.62.